The number of aromatic nitrogens is 4. The molecular weight excluding hydrogens is 904 g/mol. The number of amides is 2. The van der Waals surface area contributed by atoms with Gasteiger partial charge in [0, 0.05) is 74.3 Å². The number of anilines is 2. The molecule has 0 radical (unpaired) electrons. The van der Waals surface area contributed by atoms with Crippen molar-refractivity contribution in [1.29, 1.82) is 0 Å². The number of imidazole rings is 2. The first-order valence-corrected chi connectivity index (χ1v) is 25.8. The van der Waals surface area contributed by atoms with Crippen molar-refractivity contribution in [1.82, 2.24) is 19.8 Å². The second-order valence-electron chi connectivity index (χ2n) is 17.8. The minimum Gasteiger partial charge on any atom is -1.00 e. The fourth-order valence-electron chi connectivity index (χ4n) is 10.7. The van der Waals surface area contributed by atoms with Gasteiger partial charge in [-0.05, 0) is 145 Å². The number of aryl methyl sites for hydroxylation is 6. The van der Waals surface area contributed by atoms with E-state index in [9.17, 15) is 9.59 Å². The molecule has 346 valence electrons. The van der Waals surface area contributed by atoms with Gasteiger partial charge >= 0.3 is 0 Å². The first kappa shape index (κ1) is 47.6. The van der Waals surface area contributed by atoms with Gasteiger partial charge in [-0.15, -0.1) is 0 Å². The van der Waals surface area contributed by atoms with Crippen LogP contribution in [0.1, 0.15) is 70.7 Å². The number of carbonyl (C=O) groups excluding carboxylic acids is 2. The van der Waals surface area contributed by atoms with Crippen LogP contribution < -0.4 is 54.4 Å². The fraction of sp³-hybridized carbons (Fsp3) is 0.385. The normalized spacial score (nSPS) is 15.2. The van der Waals surface area contributed by atoms with Crippen molar-refractivity contribution < 1.29 is 43.5 Å². The van der Waals surface area contributed by atoms with Gasteiger partial charge < -0.3 is 45.2 Å². The lowest BCUT2D eigenvalue weighted by Crippen LogP contribution is -3.00. The van der Waals surface area contributed by atoms with E-state index in [0.29, 0.717) is 13.1 Å². The molecule has 0 unspecified atom stereocenters. The maximum atomic E-state index is 13.4. The summed E-state index contributed by atoms with van der Waals surface area (Å²) >= 11 is 0. The molecule has 10 nitrogen and oxygen atoms in total. The Morgan fingerprint density at radius 2 is 0.924 bits per heavy atom. The lowest BCUT2D eigenvalue weighted by molar-refractivity contribution is -0.647. The van der Waals surface area contributed by atoms with Crippen LogP contribution in [0.15, 0.2) is 72.8 Å². The van der Waals surface area contributed by atoms with Crippen LogP contribution in [0.25, 0.3) is 46.4 Å². The standard InChI is InChI=1S/C52H58N8O2S2.2ClH/c1-55-43-15-3-5-17-45(43)59(49(55)21-19-37-31-39-11-7-25-57-26-8-12-40(32-37)51(39)57)35-47(61)53-23-29-63-64-30-24-54-48(62)36-60-46-18-6-4-16-44(46)56(2)50(60)22-20-38-33-41-13-9-27-58-28-10-14-42(34-38)52(41)58;;/h3-6,15-22,31-34H,7-14,23-30,35-36H2,1-2H3;2*1H. The van der Waals surface area contributed by atoms with Gasteiger partial charge in [-0.2, -0.15) is 0 Å². The van der Waals surface area contributed by atoms with Gasteiger partial charge in [0.05, 0.1) is 14.1 Å². The molecule has 6 heterocycles. The van der Waals surface area contributed by atoms with Gasteiger partial charge in [-0.25, -0.2) is 18.3 Å². The average Bonchev–Trinajstić information content (AvgIpc) is 3.73. The van der Waals surface area contributed by atoms with E-state index in [0.717, 1.165) is 70.9 Å². The third-order valence-corrected chi connectivity index (χ3v) is 16.0. The van der Waals surface area contributed by atoms with Crippen molar-refractivity contribution >= 4 is 91.1 Å². The summed E-state index contributed by atoms with van der Waals surface area (Å²) in [5, 5.41) is 6.31. The molecule has 0 fully saturated rings. The quantitative estimate of drug-likeness (QED) is 0.0920. The smallest absolute Gasteiger partial charge is 0.282 e. The monoisotopic (exact) mass is 962 g/mol. The number of rotatable bonds is 15. The third kappa shape index (κ3) is 9.89. The highest BCUT2D eigenvalue weighted by Gasteiger charge is 2.27. The van der Waals surface area contributed by atoms with Crippen LogP contribution in [0.5, 0.6) is 0 Å². The topological polar surface area (TPSA) is 82.3 Å². The first-order chi connectivity index (χ1) is 31.4. The van der Waals surface area contributed by atoms with Crippen LogP contribution in [0.3, 0.4) is 0 Å². The lowest BCUT2D eigenvalue weighted by Gasteiger charge is -2.37. The Morgan fingerprint density at radius 1 is 0.561 bits per heavy atom. The first-order valence-electron chi connectivity index (χ1n) is 23.3. The van der Waals surface area contributed by atoms with E-state index in [4.69, 9.17) is 0 Å². The molecule has 0 saturated carbocycles. The van der Waals surface area contributed by atoms with Gasteiger partial charge in [-0.3, -0.25) is 9.59 Å². The summed E-state index contributed by atoms with van der Waals surface area (Å²) in [5.41, 5.74) is 15.6. The summed E-state index contributed by atoms with van der Waals surface area (Å²) in [7, 11) is 7.61. The number of halogens is 2. The number of carbonyl (C=O) groups is 2. The molecule has 6 aromatic rings. The molecule has 0 atom stereocenters. The average molecular weight is 964 g/mol. The Labute approximate surface area is 409 Å². The van der Waals surface area contributed by atoms with Gasteiger partial charge in [0.2, 0.25) is 0 Å². The third-order valence-electron chi connectivity index (χ3n) is 13.6. The number of benzene rings is 4. The fourth-order valence-corrected chi connectivity index (χ4v) is 12.5. The minimum absolute atomic E-state index is 0. The molecule has 0 bridgehead atoms. The zero-order chi connectivity index (χ0) is 43.6. The van der Waals surface area contributed by atoms with Crippen molar-refractivity contribution in [3.8, 4) is 0 Å². The minimum atomic E-state index is -0.00359. The van der Waals surface area contributed by atoms with Crippen LogP contribution in [0, 0.1) is 0 Å². The van der Waals surface area contributed by atoms with Crippen molar-refractivity contribution in [2.24, 2.45) is 14.1 Å². The molecule has 66 heavy (non-hydrogen) atoms. The Bertz CT molecular complexity index is 2560. The van der Waals surface area contributed by atoms with E-state index in [1.165, 1.54) is 96.6 Å². The van der Waals surface area contributed by atoms with Gasteiger partial charge in [0.15, 0.2) is 35.2 Å². The van der Waals surface area contributed by atoms with Gasteiger partial charge in [-0.1, -0.05) is 45.9 Å². The lowest BCUT2D eigenvalue weighted by atomic mass is 9.90. The molecule has 10 rings (SSSR count). The van der Waals surface area contributed by atoms with Crippen molar-refractivity contribution in [2.75, 3.05) is 60.6 Å². The zero-order valence-corrected chi connectivity index (χ0v) is 41.2. The number of nitrogens with zero attached hydrogens (tertiary/aromatic N) is 6. The molecule has 2 aromatic heterocycles. The summed E-state index contributed by atoms with van der Waals surface area (Å²) in [4.78, 5) is 32.0. The second-order valence-corrected chi connectivity index (χ2v) is 20.5. The molecule has 2 N–H and O–H groups in total. The molecule has 14 heteroatoms. The molecule has 2 amide bonds. The molecule has 0 saturated heterocycles. The summed E-state index contributed by atoms with van der Waals surface area (Å²) < 4.78 is 8.63. The number of hydrogen-bond acceptors (Lipinski definition) is 6. The highest BCUT2D eigenvalue weighted by molar-refractivity contribution is 8.76. The van der Waals surface area contributed by atoms with Crippen molar-refractivity contribution in [3.63, 3.8) is 0 Å². The van der Waals surface area contributed by atoms with Crippen molar-refractivity contribution in [3.05, 3.63) is 118 Å². The zero-order valence-electron chi connectivity index (χ0n) is 38.0. The molecular formula is C52H60Cl2N8O2S2. The highest BCUT2D eigenvalue weighted by Crippen LogP contribution is 2.38. The van der Waals surface area contributed by atoms with Crippen LogP contribution >= 0.6 is 21.6 Å². The summed E-state index contributed by atoms with van der Waals surface area (Å²) in [5.74, 6) is 3.54. The maximum absolute atomic E-state index is 13.4. The Kier molecular flexibility index (Phi) is 15.4. The molecule has 4 aliphatic rings. The van der Waals surface area contributed by atoms with Crippen LogP contribution in [-0.2, 0) is 62.5 Å². The predicted molar refractivity (Wildman–Crippen MR) is 266 cm³/mol. The SMILES string of the molecule is C[n+]1c(/C=C/c2cc3c4c(c2)CCCN4CCC3)n(CC(=O)NCCSSCCNC(=O)Cn2c(/C=C/c3cc4c5c(c3)CCCN5CCC4)[n+](C)c3ccccc32)c2ccccc21.[Cl-].[Cl-]. The summed E-state index contributed by atoms with van der Waals surface area (Å²) in [6.07, 6.45) is 18.2. The predicted octanol–water partition coefficient (Wildman–Crippen LogP) is 1.31. The maximum Gasteiger partial charge on any atom is 0.282 e. The molecule has 0 aliphatic carbocycles. The van der Waals surface area contributed by atoms with Gasteiger partial charge in [0.1, 0.15) is 0 Å². The van der Waals surface area contributed by atoms with Crippen molar-refractivity contribution in [2.45, 2.75) is 64.5 Å². The number of para-hydroxylation sites is 4. The number of hydrogen-bond donors (Lipinski definition) is 2. The van der Waals surface area contributed by atoms with E-state index in [-0.39, 0.29) is 49.7 Å². The van der Waals surface area contributed by atoms with Crippen LogP contribution in [-0.4, -0.2) is 71.7 Å². The summed E-state index contributed by atoms with van der Waals surface area (Å²) in [6, 6.07) is 26.1. The Morgan fingerprint density at radius 3 is 1.30 bits per heavy atom. The van der Waals surface area contributed by atoms with E-state index in [2.05, 4.69) is 138 Å². The van der Waals surface area contributed by atoms with Gasteiger partial charge in [0.25, 0.3) is 23.5 Å². The van der Waals surface area contributed by atoms with Crippen LogP contribution in [0.2, 0.25) is 0 Å². The number of fused-ring (bicyclic) bond motifs is 2. The van der Waals surface area contributed by atoms with E-state index in [1.807, 2.05) is 12.1 Å². The highest BCUT2D eigenvalue weighted by atomic mass is 35.5. The van der Waals surface area contributed by atoms with Crippen LogP contribution in [0.4, 0.5) is 11.4 Å². The molecule has 0 spiro atoms. The second kappa shape index (κ2) is 21.4. The Hall–Kier alpha value is -4.88. The summed E-state index contributed by atoms with van der Waals surface area (Å²) in [6.45, 7) is 6.34. The number of nitrogens with one attached hydrogen (secondary N) is 2. The van der Waals surface area contributed by atoms with E-state index in [1.54, 1.807) is 21.6 Å². The Balaban J connectivity index is 0.00000296. The van der Waals surface area contributed by atoms with E-state index >= 15 is 0 Å². The molecule has 4 aliphatic heterocycles. The molecule has 4 aromatic carbocycles. The van der Waals surface area contributed by atoms with E-state index < -0.39 is 0 Å². The largest absolute Gasteiger partial charge is 1.00 e.